The van der Waals surface area contributed by atoms with E-state index < -0.39 is 22.1 Å². The first-order chi connectivity index (χ1) is 8.19. The molecule has 0 rings (SSSR count). The van der Waals surface area contributed by atoms with Gasteiger partial charge in [0.1, 0.15) is 0 Å². The third-order valence-electron chi connectivity index (χ3n) is 2.54. The molecule has 0 aromatic rings. The summed E-state index contributed by atoms with van der Waals surface area (Å²) in [6.45, 7) is 0.815. The molecule has 0 aliphatic rings. The molecular weight excluding hydrogens is 271 g/mol. The molecule has 0 aliphatic carbocycles. The highest BCUT2D eigenvalue weighted by atomic mass is 32.2. The molecule has 0 spiro atoms. The second-order valence-corrected chi connectivity index (χ2v) is 6.16. The Bertz CT molecular complexity index is 317. The van der Waals surface area contributed by atoms with Crippen LogP contribution < -0.4 is 4.72 Å². The average molecular weight is 291 g/mol. The minimum Gasteiger partial charge on any atom is -0.395 e. The fourth-order valence-electron chi connectivity index (χ4n) is 1.36. The van der Waals surface area contributed by atoms with Crippen LogP contribution in [-0.4, -0.2) is 38.6 Å². The van der Waals surface area contributed by atoms with Crippen LogP contribution in [0.15, 0.2) is 0 Å². The van der Waals surface area contributed by atoms with E-state index in [0.717, 1.165) is 6.92 Å². The number of rotatable bonds is 9. The van der Waals surface area contributed by atoms with Crippen molar-refractivity contribution in [2.24, 2.45) is 5.92 Å². The molecule has 2 N–H and O–H groups in total. The van der Waals surface area contributed by atoms with Crippen molar-refractivity contribution >= 4 is 10.0 Å². The predicted molar refractivity (Wildman–Crippen MR) is 62.6 cm³/mol. The Labute approximate surface area is 106 Å². The van der Waals surface area contributed by atoms with Crippen LogP contribution in [0.2, 0.25) is 0 Å². The quantitative estimate of drug-likeness (QED) is 0.635. The van der Waals surface area contributed by atoms with Crippen LogP contribution in [0.25, 0.3) is 0 Å². The molecule has 110 valence electrons. The topological polar surface area (TPSA) is 66.4 Å². The first-order valence-corrected chi connectivity index (χ1v) is 7.49. The molecule has 0 aromatic carbocycles. The molecule has 1 unspecified atom stereocenters. The Hall–Kier alpha value is -0.340. The van der Waals surface area contributed by atoms with Crippen molar-refractivity contribution < 1.29 is 26.7 Å². The molecule has 0 amide bonds. The Morgan fingerprint density at radius 1 is 1.22 bits per heavy atom. The summed E-state index contributed by atoms with van der Waals surface area (Å²) < 4.78 is 61.1. The van der Waals surface area contributed by atoms with E-state index in [0.29, 0.717) is 19.3 Å². The normalized spacial score (nSPS) is 14.7. The van der Waals surface area contributed by atoms with E-state index in [9.17, 15) is 21.6 Å². The van der Waals surface area contributed by atoms with Crippen LogP contribution in [0.4, 0.5) is 13.2 Å². The number of aliphatic hydroxyl groups excluding tert-OH is 1. The number of aliphatic hydroxyl groups is 1. The maximum atomic E-state index is 12.2. The summed E-state index contributed by atoms with van der Waals surface area (Å²) in [4.78, 5) is 0. The lowest BCUT2D eigenvalue weighted by Crippen LogP contribution is -2.29. The van der Waals surface area contributed by atoms with Gasteiger partial charge in [-0.05, 0) is 12.8 Å². The average Bonchev–Trinajstić information content (AvgIpc) is 2.24. The summed E-state index contributed by atoms with van der Waals surface area (Å²) in [6, 6.07) is 0. The van der Waals surface area contributed by atoms with Crippen molar-refractivity contribution in [3.63, 3.8) is 0 Å². The lowest BCUT2D eigenvalue weighted by Gasteiger charge is -2.14. The number of hydrogen-bond acceptors (Lipinski definition) is 3. The lowest BCUT2D eigenvalue weighted by molar-refractivity contribution is -0.171. The molecule has 0 radical (unpaired) electrons. The molecular formula is C10H20F3NO3S. The van der Waals surface area contributed by atoms with E-state index in [2.05, 4.69) is 4.72 Å². The second-order valence-electron chi connectivity index (χ2n) is 4.23. The third kappa shape index (κ3) is 8.71. The Balaban J connectivity index is 3.69. The molecule has 0 aliphatic heterocycles. The highest BCUT2D eigenvalue weighted by molar-refractivity contribution is 7.89. The zero-order chi connectivity index (χ0) is 14.2. The van der Waals surface area contributed by atoms with E-state index in [1.165, 1.54) is 0 Å². The highest BCUT2D eigenvalue weighted by Crippen LogP contribution is 2.29. The maximum Gasteiger partial charge on any atom is 0.391 e. The summed E-state index contributed by atoms with van der Waals surface area (Å²) in [5.74, 6) is -1.46. The number of alkyl halides is 3. The zero-order valence-corrected chi connectivity index (χ0v) is 11.1. The predicted octanol–water partition coefficient (Wildman–Crippen LogP) is 1.66. The van der Waals surface area contributed by atoms with Crippen molar-refractivity contribution in [1.82, 2.24) is 4.72 Å². The smallest absolute Gasteiger partial charge is 0.391 e. The summed E-state index contributed by atoms with van der Waals surface area (Å²) in [6.07, 6.45) is -3.02. The Kier molecular flexibility index (Phi) is 7.81. The van der Waals surface area contributed by atoms with E-state index in [1.807, 2.05) is 0 Å². The van der Waals surface area contributed by atoms with E-state index in [1.54, 1.807) is 0 Å². The van der Waals surface area contributed by atoms with Gasteiger partial charge in [0.25, 0.3) is 0 Å². The SMILES string of the molecule is CC(CCCCCS(=O)(=O)NCCO)C(F)(F)F. The number of nitrogens with one attached hydrogen (secondary N) is 1. The Morgan fingerprint density at radius 3 is 2.33 bits per heavy atom. The van der Waals surface area contributed by atoms with Gasteiger partial charge < -0.3 is 5.11 Å². The van der Waals surface area contributed by atoms with Crippen LogP contribution in [0.3, 0.4) is 0 Å². The van der Waals surface area contributed by atoms with Crippen molar-refractivity contribution in [3.8, 4) is 0 Å². The van der Waals surface area contributed by atoms with E-state index in [-0.39, 0.29) is 25.3 Å². The standard InChI is InChI=1S/C10H20F3NO3S/c1-9(10(11,12)13)5-3-2-4-8-18(16,17)14-6-7-15/h9,14-15H,2-8H2,1H3. The first-order valence-electron chi connectivity index (χ1n) is 5.84. The van der Waals surface area contributed by atoms with Crippen LogP contribution in [-0.2, 0) is 10.0 Å². The van der Waals surface area contributed by atoms with E-state index in [4.69, 9.17) is 5.11 Å². The highest BCUT2D eigenvalue weighted by Gasteiger charge is 2.34. The summed E-state index contributed by atoms with van der Waals surface area (Å²) >= 11 is 0. The maximum absolute atomic E-state index is 12.2. The number of halogens is 3. The van der Waals surface area contributed by atoms with Crippen molar-refractivity contribution in [3.05, 3.63) is 0 Å². The van der Waals surface area contributed by atoms with Gasteiger partial charge in [0.2, 0.25) is 10.0 Å². The van der Waals surface area contributed by atoms with Crippen LogP contribution in [0.5, 0.6) is 0 Å². The van der Waals surface area contributed by atoms with E-state index >= 15 is 0 Å². The van der Waals surface area contributed by atoms with Gasteiger partial charge in [0.15, 0.2) is 0 Å². The van der Waals surface area contributed by atoms with Crippen LogP contribution >= 0.6 is 0 Å². The second kappa shape index (κ2) is 7.96. The lowest BCUT2D eigenvalue weighted by atomic mass is 10.0. The van der Waals surface area contributed by atoms with Gasteiger partial charge in [-0.2, -0.15) is 13.2 Å². The van der Waals surface area contributed by atoms with Crippen molar-refractivity contribution in [2.45, 2.75) is 38.8 Å². The first kappa shape index (κ1) is 17.7. The Morgan fingerprint density at radius 2 is 1.83 bits per heavy atom. The fraction of sp³-hybridized carbons (Fsp3) is 1.00. The molecule has 0 bridgehead atoms. The summed E-state index contributed by atoms with van der Waals surface area (Å²) in [5.41, 5.74) is 0. The minimum absolute atomic E-state index is 0.0214. The van der Waals surface area contributed by atoms with Gasteiger partial charge in [-0.25, -0.2) is 13.1 Å². The fourth-order valence-corrected chi connectivity index (χ4v) is 2.49. The van der Waals surface area contributed by atoms with Gasteiger partial charge in [0, 0.05) is 6.54 Å². The zero-order valence-electron chi connectivity index (χ0n) is 10.3. The van der Waals surface area contributed by atoms with Crippen molar-refractivity contribution in [2.75, 3.05) is 18.9 Å². The molecule has 0 saturated heterocycles. The van der Waals surface area contributed by atoms with Crippen molar-refractivity contribution in [1.29, 1.82) is 0 Å². The molecule has 0 fully saturated rings. The van der Waals surface area contributed by atoms with Gasteiger partial charge in [-0.1, -0.05) is 19.8 Å². The molecule has 0 aromatic heterocycles. The molecule has 0 heterocycles. The minimum atomic E-state index is -4.17. The largest absolute Gasteiger partial charge is 0.395 e. The molecule has 4 nitrogen and oxygen atoms in total. The van der Waals surface area contributed by atoms with Crippen LogP contribution in [0, 0.1) is 5.92 Å². The monoisotopic (exact) mass is 291 g/mol. The number of unbranched alkanes of at least 4 members (excludes halogenated alkanes) is 2. The summed E-state index contributed by atoms with van der Waals surface area (Å²) in [7, 11) is -3.41. The molecule has 1 atom stereocenters. The van der Waals surface area contributed by atoms with Crippen LogP contribution in [0.1, 0.15) is 32.6 Å². The number of sulfonamides is 1. The molecule has 18 heavy (non-hydrogen) atoms. The van der Waals surface area contributed by atoms with Gasteiger partial charge in [0.05, 0.1) is 18.3 Å². The number of hydrogen-bond donors (Lipinski definition) is 2. The molecule has 8 heteroatoms. The summed E-state index contributed by atoms with van der Waals surface area (Å²) in [5, 5.41) is 8.44. The van der Waals surface area contributed by atoms with Gasteiger partial charge in [-0.15, -0.1) is 0 Å². The van der Waals surface area contributed by atoms with Gasteiger partial charge >= 0.3 is 6.18 Å². The van der Waals surface area contributed by atoms with Gasteiger partial charge in [-0.3, -0.25) is 0 Å². The third-order valence-corrected chi connectivity index (χ3v) is 4.01. The molecule has 0 saturated carbocycles.